The minimum atomic E-state index is 0.522. The fourth-order valence-electron chi connectivity index (χ4n) is 1.77. The van der Waals surface area contributed by atoms with Crippen molar-refractivity contribution in [2.45, 2.75) is 33.3 Å². The molecule has 1 heterocycles. The Kier molecular flexibility index (Phi) is 3.98. The third-order valence-corrected chi connectivity index (χ3v) is 3.04. The number of hydrogen-bond acceptors (Lipinski definition) is 2. The Balaban J connectivity index is 2.00. The molecule has 0 aliphatic carbocycles. The number of aromatic nitrogens is 1. The zero-order valence-electron chi connectivity index (χ0n) is 11.2. The van der Waals surface area contributed by atoms with Crippen molar-refractivity contribution in [3.63, 3.8) is 0 Å². The third-order valence-electron chi connectivity index (χ3n) is 3.04. The highest BCUT2D eigenvalue weighted by molar-refractivity contribution is 5.29. The van der Waals surface area contributed by atoms with Gasteiger partial charge in [0, 0.05) is 6.20 Å². The van der Waals surface area contributed by atoms with Crippen LogP contribution in [0.4, 0.5) is 0 Å². The number of benzene rings is 1. The van der Waals surface area contributed by atoms with E-state index < -0.39 is 0 Å². The topological polar surface area (TPSA) is 22.1 Å². The molecule has 0 bridgehead atoms. The largest absolute Gasteiger partial charge is 0.487 e. The van der Waals surface area contributed by atoms with Crippen LogP contribution in [-0.2, 0) is 6.61 Å². The van der Waals surface area contributed by atoms with Crippen LogP contribution in [0.2, 0.25) is 0 Å². The lowest BCUT2D eigenvalue weighted by Gasteiger charge is -2.09. The predicted molar refractivity (Wildman–Crippen MR) is 73.8 cm³/mol. The predicted octanol–water partition coefficient (Wildman–Crippen LogP) is 4.09. The third kappa shape index (κ3) is 3.10. The van der Waals surface area contributed by atoms with E-state index in [1.165, 1.54) is 5.56 Å². The van der Waals surface area contributed by atoms with Crippen LogP contribution in [0.5, 0.6) is 5.75 Å². The Morgan fingerprint density at radius 3 is 2.44 bits per heavy atom. The Bertz CT molecular complexity index is 503. The molecule has 2 rings (SSSR count). The van der Waals surface area contributed by atoms with Gasteiger partial charge in [0.1, 0.15) is 12.4 Å². The van der Waals surface area contributed by atoms with Crippen LogP contribution in [-0.4, -0.2) is 4.98 Å². The lowest BCUT2D eigenvalue weighted by molar-refractivity contribution is 0.300. The quantitative estimate of drug-likeness (QED) is 0.804. The minimum absolute atomic E-state index is 0.522. The molecule has 1 aromatic carbocycles. The maximum atomic E-state index is 5.75. The van der Waals surface area contributed by atoms with Gasteiger partial charge in [-0.3, -0.25) is 4.98 Å². The van der Waals surface area contributed by atoms with E-state index in [2.05, 4.69) is 31.0 Å². The maximum absolute atomic E-state index is 5.75. The van der Waals surface area contributed by atoms with Crippen LogP contribution in [0, 0.1) is 6.92 Å². The number of pyridine rings is 1. The van der Waals surface area contributed by atoms with E-state index >= 15 is 0 Å². The molecule has 2 nitrogen and oxygen atoms in total. The summed E-state index contributed by atoms with van der Waals surface area (Å²) in [6.45, 7) is 6.95. The first kappa shape index (κ1) is 12.6. The highest BCUT2D eigenvalue weighted by Gasteiger charge is 2.02. The van der Waals surface area contributed by atoms with Crippen LogP contribution < -0.4 is 4.74 Å². The van der Waals surface area contributed by atoms with Crippen molar-refractivity contribution < 1.29 is 4.74 Å². The van der Waals surface area contributed by atoms with E-state index in [1.54, 1.807) is 6.20 Å². The average Bonchev–Trinajstić information content (AvgIpc) is 2.38. The fraction of sp³-hybridized carbons (Fsp3) is 0.312. The summed E-state index contributed by atoms with van der Waals surface area (Å²) in [5, 5.41) is 0. The van der Waals surface area contributed by atoms with Crippen molar-refractivity contribution in [2.75, 3.05) is 0 Å². The molecule has 0 unspecified atom stereocenters. The van der Waals surface area contributed by atoms with Crippen molar-refractivity contribution in [3.8, 4) is 5.75 Å². The van der Waals surface area contributed by atoms with Crippen molar-refractivity contribution in [2.24, 2.45) is 0 Å². The summed E-state index contributed by atoms with van der Waals surface area (Å²) in [6, 6.07) is 12.3. The Morgan fingerprint density at radius 1 is 1.11 bits per heavy atom. The highest BCUT2D eigenvalue weighted by atomic mass is 16.5. The fourth-order valence-corrected chi connectivity index (χ4v) is 1.77. The summed E-state index contributed by atoms with van der Waals surface area (Å²) < 4.78 is 5.75. The molecular weight excluding hydrogens is 222 g/mol. The first-order chi connectivity index (χ1) is 8.66. The molecule has 0 saturated heterocycles. The Hall–Kier alpha value is -1.83. The zero-order chi connectivity index (χ0) is 13.0. The summed E-state index contributed by atoms with van der Waals surface area (Å²) in [5.41, 5.74) is 3.48. The van der Waals surface area contributed by atoms with Gasteiger partial charge in [0.05, 0.1) is 5.69 Å². The SMILES string of the molecule is Cc1cccnc1COc1ccc(C(C)C)cc1. The number of hydrogen-bond donors (Lipinski definition) is 0. The average molecular weight is 241 g/mol. The smallest absolute Gasteiger partial charge is 0.130 e. The van der Waals surface area contributed by atoms with E-state index in [-0.39, 0.29) is 0 Å². The summed E-state index contributed by atoms with van der Waals surface area (Å²) >= 11 is 0. The number of ether oxygens (including phenoxy) is 1. The monoisotopic (exact) mass is 241 g/mol. The lowest BCUT2D eigenvalue weighted by atomic mass is 10.0. The van der Waals surface area contributed by atoms with Crippen LogP contribution in [0.25, 0.3) is 0 Å². The summed E-state index contributed by atoms with van der Waals surface area (Å²) in [6.07, 6.45) is 1.80. The molecule has 0 saturated carbocycles. The number of rotatable bonds is 4. The van der Waals surface area contributed by atoms with Gasteiger partial charge in [0.15, 0.2) is 0 Å². The summed E-state index contributed by atoms with van der Waals surface area (Å²) in [7, 11) is 0. The van der Waals surface area contributed by atoms with E-state index in [0.717, 1.165) is 17.0 Å². The van der Waals surface area contributed by atoms with Crippen LogP contribution in [0.1, 0.15) is 36.6 Å². The van der Waals surface area contributed by atoms with Crippen molar-refractivity contribution in [3.05, 3.63) is 59.4 Å². The Morgan fingerprint density at radius 2 is 1.83 bits per heavy atom. The van der Waals surface area contributed by atoms with Gasteiger partial charge in [0.2, 0.25) is 0 Å². The molecule has 1 aromatic heterocycles. The second kappa shape index (κ2) is 5.67. The molecule has 0 aliphatic rings. The van der Waals surface area contributed by atoms with E-state index in [0.29, 0.717) is 12.5 Å². The van der Waals surface area contributed by atoms with Crippen molar-refractivity contribution in [1.82, 2.24) is 4.98 Å². The van der Waals surface area contributed by atoms with Gasteiger partial charge in [-0.1, -0.05) is 32.0 Å². The standard InChI is InChI=1S/C16H19NO/c1-12(2)14-6-8-15(9-7-14)18-11-16-13(3)5-4-10-17-16/h4-10,12H,11H2,1-3H3. The molecule has 0 atom stereocenters. The van der Waals surface area contributed by atoms with Gasteiger partial charge in [-0.05, 0) is 42.2 Å². The van der Waals surface area contributed by atoms with Gasteiger partial charge in [-0.25, -0.2) is 0 Å². The van der Waals surface area contributed by atoms with Gasteiger partial charge >= 0.3 is 0 Å². The molecule has 18 heavy (non-hydrogen) atoms. The summed E-state index contributed by atoms with van der Waals surface area (Å²) in [5.74, 6) is 1.45. The normalized spacial score (nSPS) is 10.7. The highest BCUT2D eigenvalue weighted by Crippen LogP contribution is 2.19. The number of nitrogens with zero attached hydrogens (tertiary/aromatic N) is 1. The van der Waals surface area contributed by atoms with Crippen LogP contribution in [0.15, 0.2) is 42.6 Å². The van der Waals surface area contributed by atoms with Crippen molar-refractivity contribution in [1.29, 1.82) is 0 Å². The van der Waals surface area contributed by atoms with E-state index in [4.69, 9.17) is 4.74 Å². The molecule has 0 N–H and O–H groups in total. The molecular formula is C16H19NO. The van der Waals surface area contributed by atoms with Gasteiger partial charge < -0.3 is 4.74 Å². The first-order valence-corrected chi connectivity index (χ1v) is 6.30. The number of aryl methyl sites for hydroxylation is 1. The molecule has 2 aromatic rings. The molecule has 94 valence electrons. The second-order valence-electron chi connectivity index (χ2n) is 4.78. The molecule has 2 heteroatoms. The van der Waals surface area contributed by atoms with Gasteiger partial charge in [-0.2, -0.15) is 0 Å². The maximum Gasteiger partial charge on any atom is 0.130 e. The molecule has 0 radical (unpaired) electrons. The lowest BCUT2D eigenvalue weighted by Crippen LogP contribution is -2.00. The van der Waals surface area contributed by atoms with E-state index in [9.17, 15) is 0 Å². The van der Waals surface area contributed by atoms with Crippen LogP contribution >= 0.6 is 0 Å². The van der Waals surface area contributed by atoms with Crippen LogP contribution in [0.3, 0.4) is 0 Å². The Labute approximate surface area is 109 Å². The first-order valence-electron chi connectivity index (χ1n) is 6.30. The van der Waals surface area contributed by atoms with Gasteiger partial charge in [0.25, 0.3) is 0 Å². The molecule has 0 amide bonds. The minimum Gasteiger partial charge on any atom is -0.487 e. The molecule has 0 spiro atoms. The molecule has 0 aliphatic heterocycles. The summed E-state index contributed by atoms with van der Waals surface area (Å²) in [4.78, 5) is 4.31. The second-order valence-corrected chi connectivity index (χ2v) is 4.78. The van der Waals surface area contributed by atoms with Gasteiger partial charge in [-0.15, -0.1) is 0 Å². The van der Waals surface area contributed by atoms with E-state index in [1.807, 2.05) is 31.2 Å². The van der Waals surface area contributed by atoms with Crippen molar-refractivity contribution >= 4 is 0 Å². The molecule has 0 fully saturated rings. The zero-order valence-corrected chi connectivity index (χ0v) is 11.2.